The van der Waals surface area contributed by atoms with Crippen molar-refractivity contribution in [3.8, 4) is 0 Å². The number of allylic oxidation sites excluding steroid dienone is 5. The third kappa shape index (κ3) is 3.43. The van der Waals surface area contributed by atoms with Gasteiger partial charge in [0, 0.05) is 11.1 Å². The molecule has 1 aliphatic rings. The SMILES string of the molecule is CC/C(C)=C/CC1=C(C)C(=O)C(C(F)(F)F)=C(OC)C1=O. The molecule has 0 radical (unpaired) electrons. The highest BCUT2D eigenvalue weighted by molar-refractivity contribution is 6.24. The Hall–Kier alpha value is -1.85. The molecule has 0 amide bonds. The first-order chi connectivity index (χ1) is 9.65. The van der Waals surface area contributed by atoms with E-state index in [4.69, 9.17) is 0 Å². The van der Waals surface area contributed by atoms with Crippen LogP contribution in [0.1, 0.15) is 33.6 Å². The van der Waals surface area contributed by atoms with E-state index in [0.29, 0.717) is 0 Å². The Morgan fingerprint density at radius 2 is 1.81 bits per heavy atom. The minimum absolute atomic E-state index is 0.0534. The molecule has 3 nitrogen and oxygen atoms in total. The summed E-state index contributed by atoms with van der Waals surface area (Å²) in [6, 6.07) is 0. The number of rotatable bonds is 4. The molecule has 116 valence electrons. The van der Waals surface area contributed by atoms with Crippen molar-refractivity contribution in [2.75, 3.05) is 7.11 Å². The third-order valence-corrected chi connectivity index (χ3v) is 3.43. The monoisotopic (exact) mass is 302 g/mol. The van der Waals surface area contributed by atoms with E-state index in [0.717, 1.165) is 19.1 Å². The molecule has 0 atom stereocenters. The van der Waals surface area contributed by atoms with E-state index in [1.54, 1.807) is 6.08 Å². The van der Waals surface area contributed by atoms with E-state index < -0.39 is 29.1 Å². The van der Waals surface area contributed by atoms with Crippen molar-refractivity contribution in [2.24, 2.45) is 0 Å². The lowest BCUT2D eigenvalue weighted by Crippen LogP contribution is -2.31. The van der Waals surface area contributed by atoms with Gasteiger partial charge in [-0.3, -0.25) is 9.59 Å². The summed E-state index contributed by atoms with van der Waals surface area (Å²) in [4.78, 5) is 24.1. The fourth-order valence-corrected chi connectivity index (χ4v) is 1.97. The first-order valence-corrected chi connectivity index (χ1v) is 6.45. The van der Waals surface area contributed by atoms with Gasteiger partial charge in [-0.1, -0.05) is 18.6 Å². The quantitative estimate of drug-likeness (QED) is 0.588. The summed E-state index contributed by atoms with van der Waals surface area (Å²) in [6.45, 7) is 5.01. The van der Waals surface area contributed by atoms with E-state index in [2.05, 4.69) is 4.74 Å². The minimum atomic E-state index is -4.92. The Bertz CT molecular complexity index is 563. The maximum absolute atomic E-state index is 12.9. The van der Waals surface area contributed by atoms with E-state index in [-0.39, 0.29) is 17.6 Å². The van der Waals surface area contributed by atoms with Crippen molar-refractivity contribution in [1.82, 2.24) is 0 Å². The Labute approximate surface area is 121 Å². The summed E-state index contributed by atoms with van der Waals surface area (Å²) in [5.74, 6) is -2.99. The van der Waals surface area contributed by atoms with E-state index in [1.165, 1.54) is 6.92 Å². The van der Waals surface area contributed by atoms with Gasteiger partial charge in [0.2, 0.25) is 5.78 Å². The number of hydrogen-bond donors (Lipinski definition) is 0. The second kappa shape index (κ2) is 6.28. The van der Waals surface area contributed by atoms with Gasteiger partial charge in [0.25, 0.3) is 0 Å². The molecule has 0 aromatic rings. The highest BCUT2D eigenvalue weighted by Crippen LogP contribution is 2.37. The number of carbonyl (C=O) groups is 2. The highest BCUT2D eigenvalue weighted by atomic mass is 19.4. The smallest absolute Gasteiger partial charge is 0.423 e. The van der Waals surface area contributed by atoms with Crippen LogP contribution in [0.5, 0.6) is 0 Å². The highest BCUT2D eigenvalue weighted by Gasteiger charge is 2.47. The number of methoxy groups -OCH3 is 1. The number of ether oxygens (including phenoxy) is 1. The Morgan fingerprint density at radius 3 is 2.24 bits per heavy atom. The van der Waals surface area contributed by atoms with Crippen LogP contribution in [0.15, 0.2) is 34.1 Å². The van der Waals surface area contributed by atoms with Crippen LogP contribution in [-0.4, -0.2) is 24.9 Å². The summed E-state index contributed by atoms with van der Waals surface area (Å²) in [5, 5.41) is 0. The fourth-order valence-electron chi connectivity index (χ4n) is 1.97. The maximum atomic E-state index is 12.9. The first kappa shape index (κ1) is 17.2. The predicted molar refractivity (Wildman–Crippen MR) is 71.5 cm³/mol. The molecule has 0 spiro atoms. The average Bonchev–Trinajstić information content (AvgIpc) is 2.40. The molecule has 0 N–H and O–H groups in total. The Kier molecular flexibility index (Phi) is 5.15. The Morgan fingerprint density at radius 1 is 1.24 bits per heavy atom. The van der Waals surface area contributed by atoms with Gasteiger partial charge in [-0.15, -0.1) is 0 Å². The summed E-state index contributed by atoms with van der Waals surface area (Å²) < 4.78 is 43.3. The minimum Gasteiger partial charge on any atom is -0.492 e. The molecule has 0 bridgehead atoms. The van der Waals surface area contributed by atoms with Crippen LogP contribution in [0, 0.1) is 0 Å². The van der Waals surface area contributed by atoms with E-state index in [1.807, 2.05) is 13.8 Å². The molecule has 0 aliphatic heterocycles. The van der Waals surface area contributed by atoms with Crippen molar-refractivity contribution >= 4 is 11.6 Å². The normalized spacial score (nSPS) is 17.8. The lowest BCUT2D eigenvalue weighted by atomic mass is 9.86. The van der Waals surface area contributed by atoms with Crippen molar-refractivity contribution in [1.29, 1.82) is 0 Å². The van der Waals surface area contributed by atoms with Crippen LogP contribution in [0.3, 0.4) is 0 Å². The van der Waals surface area contributed by atoms with Gasteiger partial charge in [0.1, 0.15) is 5.57 Å². The topological polar surface area (TPSA) is 43.4 Å². The van der Waals surface area contributed by atoms with Gasteiger partial charge < -0.3 is 4.74 Å². The molecule has 21 heavy (non-hydrogen) atoms. The maximum Gasteiger partial charge on any atom is 0.423 e. The van der Waals surface area contributed by atoms with Crippen LogP contribution >= 0.6 is 0 Å². The molecule has 0 saturated heterocycles. The lowest BCUT2D eigenvalue weighted by Gasteiger charge is -2.22. The van der Waals surface area contributed by atoms with Gasteiger partial charge in [0.05, 0.1) is 7.11 Å². The standard InChI is InChI=1S/C15H17F3O3/c1-5-8(2)6-7-10-9(3)12(19)11(15(16,17)18)14(21-4)13(10)20/h6H,5,7H2,1-4H3/b8-6+. The zero-order valence-corrected chi connectivity index (χ0v) is 12.4. The van der Waals surface area contributed by atoms with Crippen LogP contribution in [0.2, 0.25) is 0 Å². The molecular weight excluding hydrogens is 285 g/mol. The summed E-state index contributed by atoms with van der Waals surface area (Å²) in [7, 11) is 0.956. The second-order valence-electron chi connectivity index (χ2n) is 4.78. The molecule has 0 fully saturated rings. The molecular formula is C15H17F3O3. The number of carbonyl (C=O) groups excluding carboxylic acids is 2. The summed E-state index contributed by atoms with van der Waals surface area (Å²) in [6.07, 6.45) is -2.31. The molecule has 6 heteroatoms. The second-order valence-corrected chi connectivity index (χ2v) is 4.78. The van der Waals surface area contributed by atoms with E-state index >= 15 is 0 Å². The van der Waals surface area contributed by atoms with Gasteiger partial charge in [0.15, 0.2) is 11.5 Å². The van der Waals surface area contributed by atoms with Crippen LogP contribution < -0.4 is 0 Å². The van der Waals surface area contributed by atoms with E-state index in [9.17, 15) is 22.8 Å². The Balaban J connectivity index is 3.33. The van der Waals surface area contributed by atoms with Gasteiger partial charge in [-0.2, -0.15) is 13.2 Å². The average molecular weight is 302 g/mol. The summed E-state index contributed by atoms with van der Waals surface area (Å²) >= 11 is 0. The van der Waals surface area contributed by atoms with Crippen molar-refractivity contribution in [3.05, 3.63) is 34.1 Å². The van der Waals surface area contributed by atoms with Gasteiger partial charge in [-0.05, 0) is 26.7 Å². The number of Topliss-reactive ketones (excluding diaryl/α,β-unsaturated/α-hetero) is 2. The zero-order chi connectivity index (χ0) is 16.4. The van der Waals surface area contributed by atoms with Crippen molar-refractivity contribution in [3.63, 3.8) is 0 Å². The first-order valence-electron chi connectivity index (χ1n) is 6.45. The molecule has 1 aliphatic carbocycles. The number of alkyl halides is 3. The molecule has 0 heterocycles. The molecule has 1 rings (SSSR count). The zero-order valence-electron chi connectivity index (χ0n) is 12.4. The van der Waals surface area contributed by atoms with Crippen LogP contribution in [0.4, 0.5) is 13.2 Å². The van der Waals surface area contributed by atoms with Crippen molar-refractivity contribution in [2.45, 2.75) is 39.8 Å². The largest absolute Gasteiger partial charge is 0.492 e. The molecule has 0 unspecified atom stereocenters. The summed E-state index contributed by atoms with van der Waals surface area (Å²) in [5.41, 5.74) is -0.654. The molecule has 0 saturated carbocycles. The molecule has 0 aromatic heterocycles. The predicted octanol–water partition coefficient (Wildman–Crippen LogP) is 3.66. The number of halogens is 3. The lowest BCUT2D eigenvalue weighted by molar-refractivity contribution is -0.131. The number of hydrogen-bond acceptors (Lipinski definition) is 3. The van der Waals surface area contributed by atoms with Crippen LogP contribution in [-0.2, 0) is 14.3 Å². The fraction of sp³-hybridized carbons (Fsp3) is 0.467. The van der Waals surface area contributed by atoms with Gasteiger partial charge in [-0.25, -0.2) is 0 Å². The van der Waals surface area contributed by atoms with Crippen LogP contribution in [0.25, 0.3) is 0 Å². The third-order valence-electron chi connectivity index (χ3n) is 3.43. The number of ketones is 2. The van der Waals surface area contributed by atoms with Gasteiger partial charge >= 0.3 is 6.18 Å². The molecule has 0 aromatic carbocycles. The van der Waals surface area contributed by atoms with Crippen molar-refractivity contribution < 1.29 is 27.5 Å².